The van der Waals surface area contributed by atoms with Crippen LogP contribution in [0.15, 0.2) is 18.2 Å². The summed E-state index contributed by atoms with van der Waals surface area (Å²) in [5.41, 5.74) is 0.614. The van der Waals surface area contributed by atoms with E-state index in [0.717, 1.165) is 0 Å². The van der Waals surface area contributed by atoms with Gasteiger partial charge < -0.3 is 9.47 Å². The molecule has 0 saturated heterocycles. The third kappa shape index (κ3) is 1.56. The van der Waals surface area contributed by atoms with Gasteiger partial charge in [0, 0.05) is 0 Å². The second kappa shape index (κ2) is 3.68. The second-order valence-corrected chi connectivity index (χ2v) is 2.85. The minimum absolute atomic E-state index is 0.176. The maximum Gasteiger partial charge on any atom is 0.278 e. The van der Waals surface area contributed by atoms with Crippen molar-refractivity contribution in [2.24, 2.45) is 0 Å². The number of benzene rings is 1. The molecule has 0 atom stereocenters. The fourth-order valence-corrected chi connectivity index (χ4v) is 1.28. The second-order valence-electron chi connectivity index (χ2n) is 2.85. The Morgan fingerprint density at radius 2 is 1.73 bits per heavy atom. The van der Waals surface area contributed by atoms with Gasteiger partial charge in [-0.05, 0) is 12.1 Å². The highest BCUT2D eigenvalue weighted by atomic mass is 19.1. The normalized spacial score (nSPS) is 10.3. The molecule has 0 unspecified atom stereocenters. The molecule has 0 N–H and O–H groups in total. The lowest BCUT2D eigenvalue weighted by Gasteiger charge is -2.06. The van der Waals surface area contributed by atoms with Gasteiger partial charge in [-0.2, -0.15) is 0 Å². The zero-order valence-corrected chi connectivity index (χ0v) is 8.32. The van der Waals surface area contributed by atoms with Crippen molar-refractivity contribution >= 4 is 11.0 Å². The lowest BCUT2D eigenvalue weighted by atomic mass is 10.3. The van der Waals surface area contributed by atoms with Crippen molar-refractivity contribution in [3.05, 3.63) is 24.0 Å². The largest absolute Gasteiger partial charge is 0.477 e. The Kier molecular flexibility index (Phi) is 2.37. The first-order valence-corrected chi connectivity index (χ1v) is 4.30. The van der Waals surface area contributed by atoms with E-state index in [-0.39, 0.29) is 17.3 Å². The molecule has 0 fully saturated rings. The summed E-state index contributed by atoms with van der Waals surface area (Å²) in [6.07, 6.45) is 0. The summed E-state index contributed by atoms with van der Waals surface area (Å²) in [6, 6.07) is 4.55. The van der Waals surface area contributed by atoms with Crippen molar-refractivity contribution < 1.29 is 13.9 Å². The summed E-state index contributed by atoms with van der Waals surface area (Å²) in [6.45, 7) is 0. The van der Waals surface area contributed by atoms with Gasteiger partial charge in [0.05, 0.1) is 19.7 Å². The van der Waals surface area contributed by atoms with Crippen LogP contribution >= 0.6 is 0 Å². The average Bonchev–Trinajstić information content (AvgIpc) is 2.28. The quantitative estimate of drug-likeness (QED) is 0.754. The Labute approximate surface area is 85.7 Å². The van der Waals surface area contributed by atoms with E-state index in [2.05, 4.69) is 9.97 Å². The van der Waals surface area contributed by atoms with Gasteiger partial charge in [-0.25, -0.2) is 14.4 Å². The van der Waals surface area contributed by atoms with Crippen LogP contribution in [-0.4, -0.2) is 24.2 Å². The molecule has 0 amide bonds. The standard InChI is InChI=1S/C10H9FN2O2/c1-14-9-10(15-2)13-8-6(11)4-3-5-7(8)12-9/h3-5H,1-2H3. The van der Waals surface area contributed by atoms with Crippen molar-refractivity contribution in [1.82, 2.24) is 9.97 Å². The Balaban J connectivity index is 2.75. The molecule has 15 heavy (non-hydrogen) atoms. The predicted octanol–water partition coefficient (Wildman–Crippen LogP) is 1.79. The van der Waals surface area contributed by atoms with Crippen LogP contribution in [0, 0.1) is 5.82 Å². The molecule has 0 radical (unpaired) electrons. The number of aromatic nitrogens is 2. The van der Waals surface area contributed by atoms with E-state index in [0.29, 0.717) is 5.52 Å². The number of nitrogens with zero attached hydrogens (tertiary/aromatic N) is 2. The van der Waals surface area contributed by atoms with Crippen molar-refractivity contribution in [1.29, 1.82) is 0 Å². The molecular weight excluding hydrogens is 199 g/mol. The summed E-state index contributed by atoms with van der Waals surface area (Å²) in [7, 11) is 2.89. The molecule has 0 spiro atoms. The third-order valence-electron chi connectivity index (χ3n) is 1.97. The van der Waals surface area contributed by atoms with Gasteiger partial charge in [0.25, 0.3) is 11.8 Å². The molecule has 5 heteroatoms. The number of halogens is 1. The first kappa shape index (κ1) is 9.64. The van der Waals surface area contributed by atoms with Gasteiger partial charge in [-0.1, -0.05) is 6.07 Å². The maximum absolute atomic E-state index is 13.3. The van der Waals surface area contributed by atoms with Crippen LogP contribution < -0.4 is 9.47 Å². The van der Waals surface area contributed by atoms with E-state index in [9.17, 15) is 4.39 Å². The summed E-state index contributed by atoms with van der Waals surface area (Å²) >= 11 is 0. The molecule has 1 aromatic heterocycles. The topological polar surface area (TPSA) is 44.2 Å². The van der Waals surface area contributed by atoms with Crippen LogP contribution in [0.4, 0.5) is 4.39 Å². The minimum atomic E-state index is -0.430. The van der Waals surface area contributed by atoms with Crippen LogP contribution in [0.2, 0.25) is 0 Å². The number of hydrogen-bond acceptors (Lipinski definition) is 4. The van der Waals surface area contributed by atoms with E-state index in [1.165, 1.54) is 20.3 Å². The summed E-state index contributed by atoms with van der Waals surface area (Å²) in [5.74, 6) is -0.00773. The first-order valence-electron chi connectivity index (χ1n) is 4.30. The zero-order chi connectivity index (χ0) is 10.8. The van der Waals surface area contributed by atoms with Crippen LogP contribution in [0.3, 0.4) is 0 Å². The van der Waals surface area contributed by atoms with E-state index in [1.807, 2.05) is 0 Å². The summed E-state index contributed by atoms with van der Waals surface area (Å²) in [5, 5.41) is 0. The van der Waals surface area contributed by atoms with E-state index >= 15 is 0 Å². The monoisotopic (exact) mass is 208 g/mol. The lowest BCUT2D eigenvalue weighted by Crippen LogP contribution is -1.98. The molecule has 1 aromatic carbocycles. The Hall–Kier alpha value is -1.91. The summed E-state index contributed by atoms with van der Waals surface area (Å²) in [4.78, 5) is 8.05. The first-order chi connectivity index (χ1) is 7.26. The molecule has 4 nitrogen and oxygen atoms in total. The number of fused-ring (bicyclic) bond motifs is 1. The molecule has 0 aliphatic carbocycles. The van der Waals surface area contributed by atoms with Crippen LogP contribution in [0.1, 0.15) is 0 Å². The maximum atomic E-state index is 13.3. The van der Waals surface area contributed by atoms with Crippen molar-refractivity contribution in [2.45, 2.75) is 0 Å². The number of methoxy groups -OCH3 is 2. The Morgan fingerprint density at radius 3 is 2.40 bits per heavy atom. The number of para-hydroxylation sites is 1. The lowest BCUT2D eigenvalue weighted by molar-refractivity contribution is 0.334. The fraction of sp³-hybridized carbons (Fsp3) is 0.200. The highest BCUT2D eigenvalue weighted by Crippen LogP contribution is 2.25. The number of ether oxygens (including phenoxy) is 2. The predicted molar refractivity (Wildman–Crippen MR) is 52.6 cm³/mol. The third-order valence-corrected chi connectivity index (χ3v) is 1.97. The van der Waals surface area contributed by atoms with Crippen LogP contribution in [0.5, 0.6) is 11.8 Å². The van der Waals surface area contributed by atoms with E-state index in [4.69, 9.17) is 9.47 Å². The molecule has 78 valence electrons. The van der Waals surface area contributed by atoms with Crippen molar-refractivity contribution in [2.75, 3.05) is 14.2 Å². The van der Waals surface area contributed by atoms with Crippen molar-refractivity contribution in [3.8, 4) is 11.8 Å². The van der Waals surface area contributed by atoms with E-state index < -0.39 is 5.82 Å². The van der Waals surface area contributed by atoms with Crippen LogP contribution in [-0.2, 0) is 0 Å². The molecule has 0 aliphatic rings. The zero-order valence-electron chi connectivity index (χ0n) is 8.32. The fourth-order valence-electron chi connectivity index (χ4n) is 1.28. The molecule has 0 aliphatic heterocycles. The summed E-state index contributed by atoms with van der Waals surface area (Å²) < 4.78 is 23.2. The number of rotatable bonds is 2. The average molecular weight is 208 g/mol. The van der Waals surface area contributed by atoms with Crippen molar-refractivity contribution in [3.63, 3.8) is 0 Å². The highest BCUT2D eigenvalue weighted by molar-refractivity contribution is 5.76. The van der Waals surface area contributed by atoms with Gasteiger partial charge in [0.1, 0.15) is 5.52 Å². The van der Waals surface area contributed by atoms with Crippen LogP contribution in [0.25, 0.3) is 11.0 Å². The Bertz CT molecular complexity index is 502. The smallest absolute Gasteiger partial charge is 0.278 e. The highest BCUT2D eigenvalue weighted by Gasteiger charge is 2.11. The molecule has 1 heterocycles. The molecule has 0 saturated carbocycles. The minimum Gasteiger partial charge on any atom is -0.477 e. The molecule has 0 bridgehead atoms. The molecule has 2 aromatic rings. The van der Waals surface area contributed by atoms with Gasteiger partial charge >= 0.3 is 0 Å². The van der Waals surface area contributed by atoms with Gasteiger partial charge in [0.2, 0.25) is 0 Å². The van der Waals surface area contributed by atoms with Gasteiger partial charge in [0.15, 0.2) is 5.82 Å². The van der Waals surface area contributed by atoms with Gasteiger partial charge in [-0.3, -0.25) is 0 Å². The van der Waals surface area contributed by atoms with E-state index in [1.54, 1.807) is 12.1 Å². The SMILES string of the molecule is COc1nc2cccc(F)c2nc1OC. The molecule has 2 rings (SSSR count). The Morgan fingerprint density at radius 1 is 1.07 bits per heavy atom. The molecular formula is C10H9FN2O2. The number of hydrogen-bond donors (Lipinski definition) is 0. The van der Waals surface area contributed by atoms with Gasteiger partial charge in [-0.15, -0.1) is 0 Å².